The van der Waals surface area contributed by atoms with Crippen LogP contribution in [0.5, 0.6) is 0 Å². The number of hydrogen-bond acceptors (Lipinski definition) is 7. The molecule has 0 N–H and O–H groups in total. The standard InChI is InChI=1S/C25H20N4O6/c1-4-17(30)35-22-16-11-6-5-10-15(16)21-19(22)18(13-8-7-9-14(12-13)29(33)34)20-23(26-21)27(2)25(32)28(3)24(20)31/h5-12,18H,4H2,1-3H3/t18-/m1/s1. The molecule has 0 radical (unpaired) electrons. The van der Waals surface area contributed by atoms with Crippen LogP contribution in [0.4, 0.5) is 11.5 Å². The number of fused-ring (bicyclic) bond motifs is 4. The summed E-state index contributed by atoms with van der Waals surface area (Å²) in [5.41, 5.74) is 1.53. The smallest absolute Gasteiger partial charge is 0.332 e. The van der Waals surface area contributed by atoms with E-state index in [1.807, 2.05) is 12.1 Å². The predicted octanol–water partition coefficient (Wildman–Crippen LogP) is 2.94. The third-order valence-electron chi connectivity index (χ3n) is 6.31. The second kappa shape index (κ2) is 8.01. The summed E-state index contributed by atoms with van der Waals surface area (Å²) >= 11 is 0. The lowest BCUT2D eigenvalue weighted by molar-refractivity contribution is -0.384. The van der Waals surface area contributed by atoms with E-state index in [-0.39, 0.29) is 29.2 Å². The molecule has 2 heterocycles. The van der Waals surface area contributed by atoms with E-state index in [1.165, 1.54) is 36.9 Å². The number of benzene rings is 2. The zero-order valence-electron chi connectivity index (χ0n) is 19.1. The second-order valence-corrected chi connectivity index (χ2v) is 8.30. The molecule has 0 amide bonds. The summed E-state index contributed by atoms with van der Waals surface area (Å²) in [7, 11) is 2.88. The maximum Gasteiger partial charge on any atom is 0.332 e. The number of aliphatic imine (C=N–C) groups is 1. The molecule has 10 nitrogen and oxygen atoms in total. The van der Waals surface area contributed by atoms with E-state index in [0.29, 0.717) is 28.0 Å². The maximum absolute atomic E-state index is 13.5. The van der Waals surface area contributed by atoms with Crippen LogP contribution in [-0.2, 0) is 23.6 Å². The second-order valence-electron chi connectivity index (χ2n) is 8.30. The van der Waals surface area contributed by atoms with Gasteiger partial charge in [-0.2, -0.15) is 0 Å². The van der Waals surface area contributed by atoms with Crippen LogP contribution in [0.3, 0.4) is 0 Å². The summed E-state index contributed by atoms with van der Waals surface area (Å²) in [5.74, 6) is -0.925. The Morgan fingerprint density at radius 2 is 1.80 bits per heavy atom. The molecule has 1 aromatic heterocycles. The van der Waals surface area contributed by atoms with E-state index in [9.17, 15) is 24.5 Å². The molecule has 1 atom stereocenters. The fourth-order valence-electron chi connectivity index (χ4n) is 4.62. The molecule has 10 heteroatoms. The SMILES string of the molecule is CCC(=O)OC1=C2C(=Nc3c(c(=O)n(C)c(=O)n3C)[C@@H]2c2cccc([N+](=O)[O-])c2)c2ccccc21. The average Bonchev–Trinajstić information content (AvgIpc) is 3.18. The minimum Gasteiger partial charge on any atom is -0.425 e. The van der Waals surface area contributed by atoms with Crippen molar-refractivity contribution in [3.05, 3.63) is 107 Å². The van der Waals surface area contributed by atoms with Gasteiger partial charge in [-0.05, 0) is 5.56 Å². The van der Waals surface area contributed by atoms with Crippen LogP contribution in [0.25, 0.3) is 5.76 Å². The van der Waals surface area contributed by atoms with E-state index in [2.05, 4.69) is 0 Å². The monoisotopic (exact) mass is 472 g/mol. The fourth-order valence-corrected chi connectivity index (χ4v) is 4.62. The Kier molecular flexibility index (Phi) is 5.08. The van der Waals surface area contributed by atoms with Gasteiger partial charge in [0.15, 0.2) is 0 Å². The van der Waals surface area contributed by atoms with Crippen molar-refractivity contribution in [2.24, 2.45) is 19.1 Å². The van der Waals surface area contributed by atoms with E-state index in [4.69, 9.17) is 9.73 Å². The molecule has 0 saturated carbocycles. The van der Waals surface area contributed by atoms with E-state index in [1.54, 1.807) is 25.1 Å². The van der Waals surface area contributed by atoms with Crippen LogP contribution in [0.15, 0.2) is 68.7 Å². The number of nitro benzene ring substituents is 1. The lowest BCUT2D eigenvalue weighted by atomic mass is 9.81. The highest BCUT2D eigenvalue weighted by Crippen LogP contribution is 2.49. The number of nitro groups is 1. The normalized spacial score (nSPS) is 15.7. The molecule has 0 bridgehead atoms. The van der Waals surface area contributed by atoms with Crippen molar-refractivity contribution in [1.82, 2.24) is 9.13 Å². The largest absolute Gasteiger partial charge is 0.425 e. The van der Waals surface area contributed by atoms with Crippen molar-refractivity contribution in [2.75, 3.05) is 0 Å². The van der Waals surface area contributed by atoms with Gasteiger partial charge in [-0.3, -0.25) is 28.8 Å². The minimum atomic E-state index is -0.866. The Bertz CT molecular complexity index is 1630. The van der Waals surface area contributed by atoms with Gasteiger partial charge >= 0.3 is 11.7 Å². The van der Waals surface area contributed by atoms with Crippen LogP contribution < -0.4 is 11.2 Å². The predicted molar refractivity (Wildman–Crippen MR) is 128 cm³/mol. The topological polar surface area (TPSA) is 126 Å². The van der Waals surface area contributed by atoms with Crippen LogP contribution in [0, 0.1) is 10.1 Å². The number of carbonyl (C=O) groups excluding carboxylic acids is 1. The number of esters is 1. The summed E-state index contributed by atoms with van der Waals surface area (Å²) in [6.07, 6.45) is 0.125. The molecule has 0 spiro atoms. The number of carbonyl (C=O) groups is 1. The molecule has 0 fully saturated rings. The lowest BCUT2D eigenvalue weighted by Gasteiger charge is -2.27. The molecule has 3 aromatic rings. The van der Waals surface area contributed by atoms with Crippen molar-refractivity contribution in [1.29, 1.82) is 0 Å². The van der Waals surface area contributed by atoms with Gasteiger partial charge < -0.3 is 4.74 Å². The fraction of sp³-hybridized carbons (Fsp3) is 0.200. The number of hydrogen-bond donors (Lipinski definition) is 0. The number of nitrogens with zero attached hydrogens (tertiary/aromatic N) is 4. The molecule has 176 valence electrons. The molecule has 1 aliphatic heterocycles. The summed E-state index contributed by atoms with van der Waals surface area (Å²) in [5, 5.41) is 11.5. The van der Waals surface area contributed by atoms with Crippen LogP contribution >= 0.6 is 0 Å². The number of aromatic nitrogens is 2. The summed E-state index contributed by atoms with van der Waals surface area (Å²) < 4.78 is 8.03. The van der Waals surface area contributed by atoms with Gasteiger partial charge in [0.2, 0.25) is 0 Å². The van der Waals surface area contributed by atoms with E-state index >= 15 is 0 Å². The molecule has 2 aliphatic rings. The first-order valence-electron chi connectivity index (χ1n) is 10.9. The van der Waals surface area contributed by atoms with Gasteiger partial charge in [-0.1, -0.05) is 43.3 Å². The third-order valence-corrected chi connectivity index (χ3v) is 6.31. The minimum absolute atomic E-state index is 0.125. The zero-order chi connectivity index (χ0) is 25.0. The van der Waals surface area contributed by atoms with Gasteiger partial charge in [-0.25, -0.2) is 9.79 Å². The first-order chi connectivity index (χ1) is 16.7. The molecule has 5 rings (SSSR count). The zero-order valence-corrected chi connectivity index (χ0v) is 19.1. The first kappa shape index (κ1) is 22.2. The number of allylic oxidation sites excluding steroid dienone is 1. The van der Waals surface area contributed by atoms with Gasteiger partial charge in [0.1, 0.15) is 11.6 Å². The Morgan fingerprint density at radius 3 is 2.49 bits per heavy atom. The van der Waals surface area contributed by atoms with Crippen LogP contribution in [-0.4, -0.2) is 25.7 Å². The van der Waals surface area contributed by atoms with Crippen LogP contribution in [0.2, 0.25) is 0 Å². The van der Waals surface area contributed by atoms with Gasteiger partial charge in [0, 0.05) is 55.3 Å². The first-order valence-corrected chi connectivity index (χ1v) is 10.9. The Morgan fingerprint density at radius 1 is 1.09 bits per heavy atom. The van der Waals surface area contributed by atoms with Gasteiger partial charge in [0.05, 0.1) is 16.2 Å². The van der Waals surface area contributed by atoms with E-state index in [0.717, 1.165) is 4.57 Å². The van der Waals surface area contributed by atoms with Gasteiger partial charge in [0.25, 0.3) is 11.2 Å². The number of ether oxygens (including phenoxy) is 1. The highest BCUT2D eigenvalue weighted by Gasteiger charge is 2.42. The summed E-state index contributed by atoms with van der Waals surface area (Å²) in [6, 6.07) is 13.2. The third kappa shape index (κ3) is 3.25. The number of non-ortho nitro benzene ring substituents is 1. The lowest BCUT2D eigenvalue weighted by Crippen LogP contribution is -2.41. The Balaban J connectivity index is 1.94. The van der Waals surface area contributed by atoms with Crippen molar-refractivity contribution < 1.29 is 14.5 Å². The van der Waals surface area contributed by atoms with Crippen molar-refractivity contribution in [3.8, 4) is 0 Å². The maximum atomic E-state index is 13.5. The summed E-state index contributed by atoms with van der Waals surface area (Å²) in [6.45, 7) is 1.67. The Labute approximate surface area is 198 Å². The van der Waals surface area contributed by atoms with Gasteiger partial charge in [-0.15, -0.1) is 0 Å². The molecular weight excluding hydrogens is 452 g/mol. The van der Waals surface area contributed by atoms with E-state index < -0.39 is 28.1 Å². The summed E-state index contributed by atoms with van der Waals surface area (Å²) in [4.78, 5) is 54.3. The molecular formula is C25H20N4O6. The molecule has 1 aliphatic carbocycles. The van der Waals surface area contributed by atoms with Crippen molar-refractivity contribution in [2.45, 2.75) is 19.3 Å². The average molecular weight is 472 g/mol. The van der Waals surface area contributed by atoms with Crippen molar-refractivity contribution >= 4 is 28.9 Å². The molecule has 2 aromatic carbocycles. The molecule has 0 saturated heterocycles. The highest BCUT2D eigenvalue weighted by atomic mass is 16.6. The number of rotatable bonds is 4. The van der Waals surface area contributed by atoms with Crippen LogP contribution in [0.1, 0.15) is 41.5 Å². The van der Waals surface area contributed by atoms with Crippen molar-refractivity contribution in [3.63, 3.8) is 0 Å². The quantitative estimate of drug-likeness (QED) is 0.327. The molecule has 35 heavy (non-hydrogen) atoms. The molecule has 0 unspecified atom stereocenters. The Hall–Kier alpha value is -4.60. The highest BCUT2D eigenvalue weighted by molar-refractivity contribution is 6.25.